The molecule has 1 aliphatic heterocycles. The van der Waals surface area contributed by atoms with Crippen molar-refractivity contribution in [2.24, 2.45) is 16.9 Å². The molecule has 3 aliphatic carbocycles. The first-order chi connectivity index (χ1) is 18.5. The molecule has 1 N–H and O–H groups in total. The third-order valence-corrected chi connectivity index (χ3v) is 9.14. The van der Waals surface area contributed by atoms with E-state index in [2.05, 4.69) is 10.5 Å². The molecule has 186 valence electrons. The molecule has 8 heteroatoms. The van der Waals surface area contributed by atoms with Gasteiger partial charge in [-0.2, -0.15) is 5.10 Å². The number of carbonyl (C=O) groups is 3. The predicted molar refractivity (Wildman–Crippen MR) is 147 cm³/mol. The first-order valence-corrected chi connectivity index (χ1v) is 13.5. The summed E-state index contributed by atoms with van der Waals surface area (Å²) in [6.45, 7) is 0. The van der Waals surface area contributed by atoms with Gasteiger partial charge in [0.1, 0.15) is 0 Å². The molecule has 2 atom stereocenters. The number of benzene rings is 3. The molecule has 3 amide bonds. The number of nitrogens with zero attached hydrogens (tertiary/aromatic N) is 2. The second-order valence-electron chi connectivity index (χ2n) is 9.66. The molecule has 6 nitrogen and oxygen atoms in total. The van der Waals surface area contributed by atoms with E-state index in [1.165, 1.54) is 16.2 Å². The highest BCUT2D eigenvalue weighted by molar-refractivity contribution is 7.12. The van der Waals surface area contributed by atoms with Crippen LogP contribution < -0.4 is 10.3 Å². The molecule has 1 saturated heterocycles. The van der Waals surface area contributed by atoms with Gasteiger partial charge in [0.2, 0.25) is 11.8 Å². The van der Waals surface area contributed by atoms with Crippen LogP contribution in [0.5, 0.6) is 0 Å². The van der Waals surface area contributed by atoms with E-state index >= 15 is 0 Å². The summed E-state index contributed by atoms with van der Waals surface area (Å²) >= 11 is 7.80. The zero-order valence-corrected chi connectivity index (χ0v) is 21.4. The van der Waals surface area contributed by atoms with Gasteiger partial charge in [0.15, 0.2) is 0 Å². The van der Waals surface area contributed by atoms with E-state index in [1.54, 1.807) is 42.6 Å². The number of thiophene rings is 1. The number of carbonyl (C=O) groups excluding carboxylic acids is 3. The third-order valence-electron chi connectivity index (χ3n) is 7.96. The molecular weight excluding hydrogens is 518 g/mol. The topological polar surface area (TPSA) is 78.8 Å². The Hall–Kier alpha value is -4.07. The van der Waals surface area contributed by atoms with Crippen molar-refractivity contribution in [2.45, 2.75) is 11.3 Å². The summed E-state index contributed by atoms with van der Waals surface area (Å²) in [5.74, 6) is -2.60. The second kappa shape index (κ2) is 8.48. The van der Waals surface area contributed by atoms with Crippen LogP contribution in [0.2, 0.25) is 5.02 Å². The second-order valence-corrected chi connectivity index (χ2v) is 11.0. The molecule has 3 aromatic carbocycles. The van der Waals surface area contributed by atoms with Crippen molar-refractivity contribution in [1.29, 1.82) is 0 Å². The van der Waals surface area contributed by atoms with Crippen LogP contribution in [0.4, 0.5) is 5.69 Å². The fraction of sp³-hybridized carbons (Fsp3) is 0.133. The maximum absolute atomic E-state index is 14.3. The van der Waals surface area contributed by atoms with Gasteiger partial charge in [0, 0.05) is 12.1 Å². The summed E-state index contributed by atoms with van der Waals surface area (Å²) in [6, 6.07) is 26.2. The maximum atomic E-state index is 14.3. The standard InChI is InChI=1S/C30H20ClN3O3S/c31-21-12-5-6-13-22(21)34-28(36)25-24-17-8-1-3-10-19(17)30(26(25)29(34)37,20-11-4-2-9-18(20)24)16-32-33-27(35)23-14-7-15-38-23/h1-16,24-26H,(H,33,35)/b32-16-/t24?,25-,26-,30?/m0/s1. The van der Waals surface area contributed by atoms with Crippen LogP contribution >= 0.6 is 22.9 Å². The number of para-hydroxylation sites is 1. The molecule has 2 bridgehead atoms. The summed E-state index contributed by atoms with van der Waals surface area (Å²) in [4.78, 5) is 42.9. The highest BCUT2D eigenvalue weighted by atomic mass is 35.5. The van der Waals surface area contributed by atoms with Gasteiger partial charge in [-0.25, -0.2) is 10.3 Å². The van der Waals surface area contributed by atoms with Crippen molar-refractivity contribution in [1.82, 2.24) is 5.43 Å². The van der Waals surface area contributed by atoms with Gasteiger partial charge in [-0.1, -0.05) is 78.3 Å². The number of hydrazone groups is 1. The zero-order chi connectivity index (χ0) is 26.0. The summed E-state index contributed by atoms with van der Waals surface area (Å²) in [6.07, 6.45) is 1.66. The van der Waals surface area contributed by atoms with E-state index < -0.39 is 17.3 Å². The molecule has 4 aromatic rings. The number of hydrogen-bond donors (Lipinski definition) is 1. The van der Waals surface area contributed by atoms with Gasteiger partial charge < -0.3 is 0 Å². The molecule has 1 fully saturated rings. The van der Waals surface area contributed by atoms with Crippen molar-refractivity contribution < 1.29 is 14.4 Å². The minimum atomic E-state index is -1.06. The highest BCUT2D eigenvalue weighted by Gasteiger charge is 2.68. The van der Waals surface area contributed by atoms with Gasteiger partial charge >= 0.3 is 0 Å². The number of rotatable bonds is 4. The van der Waals surface area contributed by atoms with E-state index in [4.69, 9.17) is 11.6 Å². The van der Waals surface area contributed by atoms with Crippen molar-refractivity contribution >= 4 is 52.6 Å². The van der Waals surface area contributed by atoms with Crippen LogP contribution in [0, 0.1) is 11.8 Å². The minimum absolute atomic E-state index is 0.275. The van der Waals surface area contributed by atoms with E-state index in [-0.39, 0.29) is 23.6 Å². The van der Waals surface area contributed by atoms with Crippen molar-refractivity contribution in [2.75, 3.05) is 4.90 Å². The largest absolute Gasteiger partial charge is 0.281 e. The number of nitrogens with one attached hydrogen (secondary N) is 1. The van der Waals surface area contributed by atoms with Gasteiger partial charge in [-0.3, -0.25) is 14.4 Å². The van der Waals surface area contributed by atoms with Crippen molar-refractivity contribution in [3.05, 3.63) is 122 Å². The number of amides is 3. The quantitative estimate of drug-likeness (QED) is 0.216. The summed E-state index contributed by atoms with van der Waals surface area (Å²) in [5, 5.41) is 6.58. The monoisotopic (exact) mass is 537 g/mol. The Morgan fingerprint density at radius 1 is 0.895 bits per heavy atom. The Labute approximate surface area is 227 Å². The molecule has 2 heterocycles. The molecular formula is C30H20ClN3O3S. The van der Waals surface area contributed by atoms with E-state index in [0.717, 1.165) is 22.3 Å². The van der Waals surface area contributed by atoms with E-state index in [9.17, 15) is 14.4 Å². The lowest BCUT2D eigenvalue weighted by atomic mass is 9.47. The van der Waals surface area contributed by atoms with E-state index in [1.807, 2.05) is 53.9 Å². The first-order valence-electron chi connectivity index (χ1n) is 12.2. The molecule has 4 aliphatic rings. The molecule has 0 radical (unpaired) electrons. The molecule has 38 heavy (non-hydrogen) atoms. The fourth-order valence-corrected chi connectivity index (χ4v) is 7.41. The van der Waals surface area contributed by atoms with Crippen LogP contribution in [-0.4, -0.2) is 23.9 Å². The van der Waals surface area contributed by atoms with Gasteiger partial charge in [0.05, 0.1) is 32.8 Å². The molecule has 8 rings (SSSR count). The van der Waals surface area contributed by atoms with Crippen LogP contribution in [0.1, 0.15) is 37.8 Å². The highest BCUT2D eigenvalue weighted by Crippen LogP contribution is 2.63. The zero-order valence-electron chi connectivity index (χ0n) is 19.9. The Morgan fingerprint density at radius 2 is 1.55 bits per heavy atom. The average molecular weight is 538 g/mol. The lowest BCUT2D eigenvalue weighted by molar-refractivity contribution is -0.122. The predicted octanol–water partition coefficient (Wildman–Crippen LogP) is 5.37. The SMILES string of the molecule is O=C(N/N=C\C12c3ccccc3C(c3ccccc31)[C@@H]1C(=O)N(c3ccccc3Cl)C(=O)[C@H]12)c1cccs1. The third kappa shape index (κ3) is 3.00. The fourth-order valence-electron chi connectivity index (χ4n) is 6.58. The maximum Gasteiger partial charge on any atom is 0.281 e. The van der Waals surface area contributed by atoms with Crippen LogP contribution in [0.3, 0.4) is 0 Å². The Kier molecular flexibility index (Phi) is 5.15. The Balaban J connectivity index is 1.44. The Morgan fingerprint density at radius 3 is 2.21 bits per heavy atom. The lowest BCUT2D eigenvalue weighted by Gasteiger charge is -2.52. The van der Waals surface area contributed by atoms with Gasteiger partial charge in [-0.15, -0.1) is 11.3 Å². The lowest BCUT2D eigenvalue weighted by Crippen LogP contribution is -2.54. The smallest absolute Gasteiger partial charge is 0.274 e. The summed E-state index contributed by atoms with van der Waals surface area (Å²) in [7, 11) is 0. The number of imide groups is 1. The normalized spacial score (nSPS) is 24.9. The number of hydrogen-bond acceptors (Lipinski definition) is 5. The number of halogens is 1. The Bertz CT molecular complexity index is 1620. The summed E-state index contributed by atoms with van der Waals surface area (Å²) in [5.41, 5.74) is 5.78. The molecule has 0 spiro atoms. The van der Waals surface area contributed by atoms with Gasteiger partial charge in [-0.05, 0) is 45.8 Å². The first kappa shape index (κ1) is 23.1. The van der Waals surface area contributed by atoms with Crippen LogP contribution in [0.25, 0.3) is 0 Å². The molecule has 1 aromatic heterocycles. The van der Waals surface area contributed by atoms with Crippen LogP contribution in [0.15, 0.2) is 95.4 Å². The average Bonchev–Trinajstić information content (AvgIpc) is 3.57. The summed E-state index contributed by atoms with van der Waals surface area (Å²) < 4.78 is 0. The molecule has 0 unspecified atom stereocenters. The van der Waals surface area contributed by atoms with Crippen molar-refractivity contribution in [3.8, 4) is 0 Å². The van der Waals surface area contributed by atoms with Gasteiger partial charge in [0.25, 0.3) is 5.91 Å². The van der Waals surface area contributed by atoms with E-state index in [0.29, 0.717) is 15.6 Å². The minimum Gasteiger partial charge on any atom is -0.274 e. The molecule has 0 saturated carbocycles. The van der Waals surface area contributed by atoms with Crippen LogP contribution in [-0.2, 0) is 15.0 Å². The van der Waals surface area contributed by atoms with Crippen molar-refractivity contribution in [3.63, 3.8) is 0 Å². The number of anilines is 1.